The maximum atomic E-state index is 12.1. The quantitative estimate of drug-likeness (QED) is 0.779. The number of hydrogen-bond acceptors (Lipinski definition) is 5. The summed E-state index contributed by atoms with van der Waals surface area (Å²) in [6.07, 6.45) is 3.63. The third-order valence-electron chi connectivity index (χ3n) is 4.11. The van der Waals surface area contributed by atoms with Crippen LogP contribution in [0, 0.1) is 5.92 Å². The summed E-state index contributed by atoms with van der Waals surface area (Å²) in [6.45, 7) is 3.01. The summed E-state index contributed by atoms with van der Waals surface area (Å²) in [5.74, 6) is 0.0301. The number of aliphatic carboxylic acids is 1. The fourth-order valence-corrected chi connectivity index (χ4v) is 2.64. The zero-order valence-electron chi connectivity index (χ0n) is 13.3. The molecule has 0 aromatic carbocycles. The molecule has 0 radical (unpaired) electrons. The monoisotopic (exact) mass is 321 g/mol. The van der Waals surface area contributed by atoms with Gasteiger partial charge in [-0.1, -0.05) is 0 Å². The van der Waals surface area contributed by atoms with E-state index in [9.17, 15) is 9.59 Å². The molecule has 0 aliphatic carbocycles. The van der Waals surface area contributed by atoms with Gasteiger partial charge in [0.1, 0.15) is 0 Å². The highest BCUT2D eigenvalue weighted by Crippen LogP contribution is 2.16. The lowest BCUT2D eigenvalue weighted by Gasteiger charge is -2.31. The van der Waals surface area contributed by atoms with Crippen LogP contribution in [-0.4, -0.2) is 60.2 Å². The Morgan fingerprint density at radius 2 is 2.13 bits per heavy atom. The highest BCUT2D eigenvalue weighted by molar-refractivity contribution is 5.93. The minimum atomic E-state index is -0.757. The van der Waals surface area contributed by atoms with E-state index >= 15 is 0 Å². The van der Waals surface area contributed by atoms with Crippen molar-refractivity contribution < 1.29 is 19.4 Å². The number of aromatic nitrogens is 1. The number of carboxylic acids is 1. The second-order valence-corrected chi connectivity index (χ2v) is 5.73. The number of carbonyl (C=O) groups excluding carboxylic acids is 1. The number of ether oxygens (including phenoxy) is 1. The first-order valence-electron chi connectivity index (χ1n) is 7.81. The molecule has 2 heterocycles. The van der Waals surface area contributed by atoms with Crippen LogP contribution in [0.3, 0.4) is 0 Å². The molecule has 1 aliphatic rings. The lowest BCUT2D eigenvalue weighted by atomic mass is 9.96. The second kappa shape index (κ2) is 8.47. The molecular formula is C16H23N3O4. The summed E-state index contributed by atoms with van der Waals surface area (Å²) in [6, 6.07) is 3.35. The molecule has 0 atom stereocenters. The lowest BCUT2D eigenvalue weighted by Crippen LogP contribution is -2.39. The number of carbonyl (C=O) groups is 2. The molecule has 1 fully saturated rings. The van der Waals surface area contributed by atoms with Crippen molar-refractivity contribution >= 4 is 11.9 Å². The fourth-order valence-electron chi connectivity index (χ4n) is 2.64. The number of pyridine rings is 1. The van der Waals surface area contributed by atoms with E-state index < -0.39 is 5.97 Å². The molecule has 0 unspecified atom stereocenters. The molecule has 126 valence electrons. The Labute approximate surface area is 135 Å². The molecule has 2 N–H and O–H groups in total. The van der Waals surface area contributed by atoms with E-state index in [-0.39, 0.29) is 12.3 Å². The van der Waals surface area contributed by atoms with E-state index in [1.807, 2.05) is 0 Å². The number of hydrogen-bond donors (Lipinski definition) is 2. The van der Waals surface area contributed by atoms with Crippen LogP contribution >= 0.6 is 0 Å². The molecule has 23 heavy (non-hydrogen) atoms. The van der Waals surface area contributed by atoms with Crippen LogP contribution in [0.5, 0.6) is 5.88 Å². The average Bonchev–Trinajstić information content (AvgIpc) is 2.58. The van der Waals surface area contributed by atoms with Gasteiger partial charge in [-0.15, -0.1) is 0 Å². The largest absolute Gasteiger partial charge is 0.481 e. The van der Waals surface area contributed by atoms with E-state index in [2.05, 4.69) is 15.2 Å². The van der Waals surface area contributed by atoms with E-state index in [0.29, 0.717) is 30.5 Å². The predicted molar refractivity (Wildman–Crippen MR) is 84.5 cm³/mol. The van der Waals surface area contributed by atoms with Crippen LogP contribution in [0.15, 0.2) is 18.3 Å². The predicted octanol–water partition coefficient (Wildman–Crippen LogP) is 1.01. The summed E-state index contributed by atoms with van der Waals surface area (Å²) >= 11 is 0. The van der Waals surface area contributed by atoms with Crippen molar-refractivity contribution in [2.24, 2.45) is 5.92 Å². The van der Waals surface area contributed by atoms with Gasteiger partial charge in [0.05, 0.1) is 19.1 Å². The third-order valence-corrected chi connectivity index (χ3v) is 4.11. The van der Waals surface area contributed by atoms with Gasteiger partial charge in [-0.3, -0.25) is 9.59 Å². The second-order valence-electron chi connectivity index (χ2n) is 5.73. The lowest BCUT2D eigenvalue weighted by molar-refractivity contribution is -0.137. The maximum absolute atomic E-state index is 12.1. The van der Waals surface area contributed by atoms with Crippen molar-refractivity contribution in [3.63, 3.8) is 0 Å². The highest BCUT2D eigenvalue weighted by Gasteiger charge is 2.20. The van der Waals surface area contributed by atoms with Gasteiger partial charge in [0.2, 0.25) is 5.88 Å². The van der Waals surface area contributed by atoms with Crippen molar-refractivity contribution in [3.8, 4) is 5.88 Å². The Bertz CT molecular complexity index is 525. The van der Waals surface area contributed by atoms with Crippen LogP contribution in [0.2, 0.25) is 0 Å². The number of likely N-dealkylation sites (tertiary alicyclic amines) is 1. The number of nitrogens with one attached hydrogen (secondary N) is 1. The number of methoxy groups -OCH3 is 1. The molecule has 1 aromatic heterocycles. The molecule has 0 spiro atoms. The van der Waals surface area contributed by atoms with Gasteiger partial charge in [0.15, 0.2) is 0 Å². The SMILES string of the molecule is COc1ccc(C(=O)NCC2CCN(CCC(=O)O)CC2)cn1. The summed E-state index contributed by atoms with van der Waals surface area (Å²) < 4.78 is 4.96. The van der Waals surface area contributed by atoms with Crippen molar-refractivity contribution in [1.29, 1.82) is 0 Å². The minimum Gasteiger partial charge on any atom is -0.481 e. The summed E-state index contributed by atoms with van der Waals surface area (Å²) in [5.41, 5.74) is 0.518. The van der Waals surface area contributed by atoms with Crippen molar-refractivity contribution in [1.82, 2.24) is 15.2 Å². The molecule has 1 saturated heterocycles. The first-order chi connectivity index (χ1) is 11.1. The zero-order valence-corrected chi connectivity index (χ0v) is 13.3. The minimum absolute atomic E-state index is 0.131. The standard InChI is InChI=1S/C16H23N3O4/c1-23-14-3-2-13(11-17-14)16(22)18-10-12-4-7-19(8-5-12)9-6-15(20)21/h2-3,11-12H,4-10H2,1H3,(H,18,22)(H,20,21). The number of nitrogens with zero attached hydrogens (tertiary/aromatic N) is 2. The van der Waals surface area contributed by atoms with Gasteiger partial charge >= 0.3 is 5.97 Å². The van der Waals surface area contributed by atoms with Crippen molar-refractivity contribution in [3.05, 3.63) is 23.9 Å². The first-order valence-corrected chi connectivity index (χ1v) is 7.81. The number of carboxylic acid groups (broad SMARTS) is 1. The summed E-state index contributed by atoms with van der Waals surface area (Å²) in [4.78, 5) is 28.8. The Morgan fingerprint density at radius 1 is 1.39 bits per heavy atom. The van der Waals surface area contributed by atoms with E-state index in [4.69, 9.17) is 9.84 Å². The van der Waals surface area contributed by atoms with E-state index in [0.717, 1.165) is 25.9 Å². The molecular weight excluding hydrogens is 298 g/mol. The smallest absolute Gasteiger partial charge is 0.304 e. The topological polar surface area (TPSA) is 91.8 Å². The number of piperidine rings is 1. The van der Waals surface area contributed by atoms with Crippen molar-refractivity contribution in [2.45, 2.75) is 19.3 Å². The molecule has 1 amide bonds. The van der Waals surface area contributed by atoms with Gasteiger partial charge < -0.3 is 20.1 Å². The van der Waals surface area contributed by atoms with Gasteiger partial charge in [0.25, 0.3) is 5.91 Å². The van der Waals surface area contributed by atoms with Gasteiger partial charge in [-0.05, 0) is 37.9 Å². The Hall–Kier alpha value is -2.15. The molecule has 0 saturated carbocycles. The summed E-state index contributed by atoms with van der Waals surface area (Å²) in [5, 5.41) is 11.6. The number of amides is 1. The van der Waals surface area contributed by atoms with Gasteiger partial charge in [-0.2, -0.15) is 0 Å². The van der Waals surface area contributed by atoms with Crippen LogP contribution in [-0.2, 0) is 4.79 Å². The van der Waals surface area contributed by atoms with Gasteiger partial charge in [-0.25, -0.2) is 4.98 Å². The van der Waals surface area contributed by atoms with Crippen LogP contribution in [0.1, 0.15) is 29.6 Å². The first kappa shape index (κ1) is 17.2. The fraction of sp³-hybridized carbons (Fsp3) is 0.562. The third kappa shape index (κ3) is 5.52. The highest BCUT2D eigenvalue weighted by atomic mass is 16.5. The molecule has 7 nitrogen and oxygen atoms in total. The maximum Gasteiger partial charge on any atom is 0.304 e. The van der Waals surface area contributed by atoms with Crippen LogP contribution in [0.25, 0.3) is 0 Å². The molecule has 2 rings (SSSR count). The Kier molecular flexibility index (Phi) is 6.34. The van der Waals surface area contributed by atoms with Gasteiger partial charge in [0, 0.05) is 25.4 Å². The summed E-state index contributed by atoms with van der Waals surface area (Å²) in [7, 11) is 1.53. The average molecular weight is 321 g/mol. The molecule has 0 bridgehead atoms. The van der Waals surface area contributed by atoms with Crippen LogP contribution < -0.4 is 10.1 Å². The van der Waals surface area contributed by atoms with E-state index in [1.165, 1.54) is 13.3 Å². The number of rotatable bonds is 7. The van der Waals surface area contributed by atoms with Crippen molar-refractivity contribution in [2.75, 3.05) is 33.3 Å². The van der Waals surface area contributed by atoms with E-state index in [1.54, 1.807) is 12.1 Å². The molecule has 7 heteroatoms. The molecule has 1 aromatic rings. The Balaban J connectivity index is 1.70. The molecule has 1 aliphatic heterocycles. The zero-order chi connectivity index (χ0) is 16.7. The van der Waals surface area contributed by atoms with Crippen LogP contribution in [0.4, 0.5) is 0 Å². The Morgan fingerprint density at radius 3 is 2.70 bits per heavy atom. The normalized spacial score (nSPS) is 16.0.